The van der Waals surface area contributed by atoms with Crippen molar-refractivity contribution in [2.24, 2.45) is 0 Å². The van der Waals surface area contributed by atoms with Gasteiger partial charge in [-0.3, -0.25) is 9.69 Å². The Labute approximate surface area is 229 Å². The molecule has 0 radical (unpaired) electrons. The third-order valence-electron chi connectivity index (χ3n) is 7.83. The summed E-state index contributed by atoms with van der Waals surface area (Å²) in [5, 5.41) is 5.90. The van der Waals surface area contributed by atoms with E-state index in [1.54, 1.807) is 19.1 Å². The molecule has 0 atom stereocenters. The van der Waals surface area contributed by atoms with Crippen LogP contribution in [-0.2, 0) is 17.3 Å². The summed E-state index contributed by atoms with van der Waals surface area (Å²) in [5.41, 5.74) is 1.22. The van der Waals surface area contributed by atoms with E-state index in [0.29, 0.717) is 55.7 Å². The number of aromatic amines is 1. The first-order chi connectivity index (χ1) is 19.3. The lowest BCUT2D eigenvalue weighted by Gasteiger charge is -2.40. The van der Waals surface area contributed by atoms with E-state index in [-0.39, 0.29) is 28.7 Å². The Morgan fingerprint density at radius 3 is 2.62 bits per heavy atom. The van der Waals surface area contributed by atoms with Crippen molar-refractivity contribution in [3.05, 3.63) is 35.0 Å². The smallest absolute Gasteiger partial charge is 0.418 e. The van der Waals surface area contributed by atoms with Gasteiger partial charge >= 0.3 is 6.18 Å². The summed E-state index contributed by atoms with van der Waals surface area (Å²) < 4.78 is 52.0. The third-order valence-corrected chi connectivity index (χ3v) is 7.83. The minimum atomic E-state index is -4.55. The SMILES string of the molecule is CCNc1nc(Nc2ccc(C(=O)N3CCC(N4CCOCC4)CC3)c3c2OCC3)nc2[nH]cc(C(F)(F)F)c12. The molecule has 10 nitrogen and oxygen atoms in total. The Morgan fingerprint density at radius 1 is 1.12 bits per heavy atom. The number of benzene rings is 1. The van der Waals surface area contributed by atoms with Crippen molar-refractivity contribution in [3.63, 3.8) is 0 Å². The van der Waals surface area contributed by atoms with E-state index in [1.807, 2.05) is 4.90 Å². The lowest BCUT2D eigenvalue weighted by molar-refractivity contribution is -0.136. The Hall–Kier alpha value is -3.58. The second-order valence-corrected chi connectivity index (χ2v) is 10.2. The molecule has 0 saturated carbocycles. The molecule has 1 amide bonds. The van der Waals surface area contributed by atoms with Crippen molar-refractivity contribution in [2.75, 3.05) is 63.2 Å². The van der Waals surface area contributed by atoms with Gasteiger partial charge in [-0.15, -0.1) is 0 Å². The second-order valence-electron chi connectivity index (χ2n) is 10.2. The number of nitrogens with zero attached hydrogens (tertiary/aromatic N) is 4. The zero-order valence-corrected chi connectivity index (χ0v) is 22.2. The number of H-pyrrole nitrogens is 1. The predicted octanol–water partition coefficient (Wildman–Crippen LogP) is 4.02. The monoisotopic (exact) mass is 559 g/mol. The van der Waals surface area contributed by atoms with Gasteiger partial charge in [0, 0.05) is 62.5 Å². The molecule has 40 heavy (non-hydrogen) atoms. The van der Waals surface area contributed by atoms with Gasteiger partial charge in [-0.25, -0.2) is 0 Å². The summed E-state index contributed by atoms with van der Waals surface area (Å²) in [4.78, 5) is 29.2. The minimum absolute atomic E-state index is 0.00750. The van der Waals surface area contributed by atoms with E-state index in [9.17, 15) is 18.0 Å². The predicted molar refractivity (Wildman–Crippen MR) is 143 cm³/mol. The molecule has 0 aliphatic carbocycles. The second kappa shape index (κ2) is 10.8. The van der Waals surface area contributed by atoms with Gasteiger partial charge in [-0.05, 0) is 31.9 Å². The maximum Gasteiger partial charge on any atom is 0.418 e. The number of carbonyl (C=O) groups is 1. The number of rotatable bonds is 6. The number of aromatic nitrogens is 3. The van der Waals surface area contributed by atoms with Crippen LogP contribution in [0, 0.1) is 0 Å². The molecule has 3 aliphatic rings. The van der Waals surface area contributed by atoms with Crippen LogP contribution in [0.25, 0.3) is 11.0 Å². The normalized spacial score (nSPS) is 18.6. The average Bonchev–Trinajstić information content (AvgIpc) is 3.62. The van der Waals surface area contributed by atoms with E-state index < -0.39 is 11.7 Å². The van der Waals surface area contributed by atoms with Gasteiger partial charge in [0.25, 0.3) is 5.91 Å². The highest BCUT2D eigenvalue weighted by Crippen LogP contribution is 2.40. The average molecular weight is 560 g/mol. The number of alkyl halides is 3. The van der Waals surface area contributed by atoms with E-state index in [2.05, 4.69) is 30.5 Å². The molecular formula is C27H32F3N7O3. The highest BCUT2D eigenvalue weighted by Gasteiger charge is 2.36. The molecule has 6 rings (SSSR count). The molecule has 2 saturated heterocycles. The lowest BCUT2D eigenvalue weighted by Crippen LogP contribution is -2.50. The van der Waals surface area contributed by atoms with Crippen LogP contribution in [0.2, 0.25) is 0 Å². The first kappa shape index (κ1) is 26.6. The molecule has 3 aromatic rings. The zero-order chi connectivity index (χ0) is 27.9. The van der Waals surface area contributed by atoms with Crippen LogP contribution in [0.15, 0.2) is 18.3 Å². The number of ether oxygens (including phenoxy) is 2. The van der Waals surface area contributed by atoms with Crippen LogP contribution in [0.1, 0.15) is 41.3 Å². The molecule has 2 aromatic heterocycles. The van der Waals surface area contributed by atoms with Gasteiger partial charge in [0.15, 0.2) is 0 Å². The van der Waals surface area contributed by atoms with Crippen molar-refractivity contribution in [2.45, 2.75) is 38.4 Å². The lowest BCUT2D eigenvalue weighted by atomic mass is 9.99. The van der Waals surface area contributed by atoms with Crippen LogP contribution >= 0.6 is 0 Å². The highest BCUT2D eigenvalue weighted by atomic mass is 19.4. The van der Waals surface area contributed by atoms with Crippen LogP contribution in [-0.4, -0.2) is 89.2 Å². The standard InChI is InChI=1S/C27H32F3N7O3/c1-2-31-23-21-19(27(28,29)30)15-32-24(21)35-26(34-23)33-20-4-3-18(17-7-12-40-22(17)20)25(38)37-8-5-16(6-9-37)36-10-13-39-14-11-36/h3-4,15-16H,2,5-14H2,1H3,(H3,31,32,33,34,35). The number of halogens is 3. The number of piperidine rings is 1. The first-order valence-corrected chi connectivity index (χ1v) is 13.7. The van der Waals surface area contributed by atoms with E-state index in [4.69, 9.17) is 9.47 Å². The van der Waals surface area contributed by atoms with Crippen molar-refractivity contribution in [3.8, 4) is 5.75 Å². The Kier molecular flexibility index (Phi) is 7.17. The van der Waals surface area contributed by atoms with Gasteiger partial charge in [-0.2, -0.15) is 23.1 Å². The number of hydrogen-bond acceptors (Lipinski definition) is 8. The van der Waals surface area contributed by atoms with Crippen LogP contribution in [0.5, 0.6) is 5.75 Å². The van der Waals surface area contributed by atoms with Crippen LogP contribution in [0.4, 0.5) is 30.6 Å². The van der Waals surface area contributed by atoms with E-state index in [0.717, 1.165) is 50.9 Å². The van der Waals surface area contributed by atoms with E-state index in [1.165, 1.54) is 0 Å². The molecule has 3 N–H and O–H groups in total. The summed E-state index contributed by atoms with van der Waals surface area (Å²) in [6, 6.07) is 4.01. The third kappa shape index (κ3) is 5.03. The zero-order valence-electron chi connectivity index (χ0n) is 22.2. The summed E-state index contributed by atoms with van der Waals surface area (Å²) in [6.07, 6.45) is -1.19. The molecule has 0 spiro atoms. The maximum atomic E-state index is 13.5. The quantitative estimate of drug-likeness (QED) is 0.416. The summed E-state index contributed by atoms with van der Waals surface area (Å²) in [6.45, 7) is 7.41. The number of morpholine rings is 1. The van der Waals surface area contributed by atoms with Gasteiger partial charge in [0.1, 0.15) is 17.2 Å². The molecule has 214 valence electrons. The minimum Gasteiger partial charge on any atom is -0.491 e. The maximum absolute atomic E-state index is 13.5. The van der Waals surface area contributed by atoms with Gasteiger partial charge in [0.05, 0.1) is 36.5 Å². The Bertz CT molecular complexity index is 1400. The molecule has 3 aliphatic heterocycles. The van der Waals surface area contributed by atoms with Crippen LogP contribution < -0.4 is 15.4 Å². The summed E-state index contributed by atoms with van der Waals surface area (Å²) in [5.74, 6) is 0.728. The fourth-order valence-corrected chi connectivity index (χ4v) is 5.87. The Balaban J connectivity index is 1.22. The summed E-state index contributed by atoms with van der Waals surface area (Å²) in [7, 11) is 0. The fourth-order valence-electron chi connectivity index (χ4n) is 5.87. The van der Waals surface area contributed by atoms with Gasteiger partial charge in [0.2, 0.25) is 5.95 Å². The van der Waals surface area contributed by atoms with Crippen molar-refractivity contribution >= 4 is 34.4 Å². The molecule has 5 heterocycles. The number of amides is 1. The van der Waals surface area contributed by atoms with Gasteiger partial charge < -0.3 is 30.0 Å². The molecule has 0 unspecified atom stereocenters. The van der Waals surface area contributed by atoms with Gasteiger partial charge in [-0.1, -0.05) is 0 Å². The number of anilines is 3. The first-order valence-electron chi connectivity index (χ1n) is 13.7. The van der Waals surface area contributed by atoms with E-state index >= 15 is 0 Å². The molecule has 1 aromatic carbocycles. The topological polar surface area (TPSA) is 108 Å². The number of nitrogens with one attached hydrogen (secondary N) is 3. The Morgan fingerprint density at radius 2 is 1.90 bits per heavy atom. The number of hydrogen-bond donors (Lipinski definition) is 3. The number of likely N-dealkylation sites (tertiary alicyclic amines) is 1. The fraction of sp³-hybridized carbons (Fsp3) is 0.519. The highest BCUT2D eigenvalue weighted by molar-refractivity contribution is 5.98. The van der Waals surface area contributed by atoms with Crippen molar-refractivity contribution < 1.29 is 27.4 Å². The van der Waals surface area contributed by atoms with Crippen molar-refractivity contribution in [1.29, 1.82) is 0 Å². The molecule has 2 fully saturated rings. The number of carbonyl (C=O) groups excluding carboxylic acids is 1. The van der Waals surface area contributed by atoms with Crippen LogP contribution in [0.3, 0.4) is 0 Å². The summed E-state index contributed by atoms with van der Waals surface area (Å²) >= 11 is 0. The molecule has 13 heteroatoms. The van der Waals surface area contributed by atoms with Crippen molar-refractivity contribution in [1.82, 2.24) is 24.8 Å². The molecular weight excluding hydrogens is 527 g/mol. The molecule has 0 bridgehead atoms. The number of fused-ring (bicyclic) bond motifs is 2. The largest absolute Gasteiger partial charge is 0.491 e.